The van der Waals surface area contributed by atoms with E-state index in [4.69, 9.17) is 0 Å². The smallest absolute Gasteiger partial charge is 0.141 e. The Bertz CT molecular complexity index is 382. The van der Waals surface area contributed by atoms with Crippen molar-refractivity contribution < 1.29 is 9.59 Å². The van der Waals surface area contributed by atoms with Crippen molar-refractivity contribution in [2.24, 2.45) is 5.92 Å². The van der Waals surface area contributed by atoms with Crippen LogP contribution in [0, 0.1) is 5.92 Å². The number of nitrogens with zero attached hydrogens (tertiary/aromatic N) is 3. The topological polar surface area (TPSA) is 64.8 Å². The zero-order valence-corrected chi connectivity index (χ0v) is 9.93. The Morgan fingerprint density at radius 1 is 1.44 bits per heavy atom. The molecule has 0 saturated heterocycles. The van der Waals surface area contributed by atoms with Crippen molar-refractivity contribution in [3.05, 3.63) is 11.9 Å². The largest absolute Gasteiger partial charge is 0.300 e. The molecule has 0 aliphatic carbocycles. The van der Waals surface area contributed by atoms with Gasteiger partial charge in [-0.15, -0.1) is 5.10 Å². The predicted octanol–water partition coefficient (Wildman–Crippen LogP) is 1.02. The standard InChI is InChI=1S/C11H17N3O2/c1-8(2)11(16)6-10-7-14(13-12-10)5-4-9(3)15/h7-8H,4-6H2,1-3H3. The molecule has 5 nitrogen and oxygen atoms in total. The van der Waals surface area contributed by atoms with Crippen molar-refractivity contribution in [3.63, 3.8) is 0 Å². The van der Waals surface area contributed by atoms with E-state index >= 15 is 0 Å². The van der Waals surface area contributed by atoms with E-state index in [1.807, 2.05) is 13.8 Å². The Balaban J connectivity index is 2.51. The fraction of sp³-hybridized carbons (Fsp3) is 0.636. The van der Waals surface area contributed by atoms with Crippen LogP contribution in [-0.4, -0.2) is 26.6 Å². The zero-order chi connectivity index (χ0) is 12.1. The second kappa shape index (κ2) is 5.53. The van der Waals surface area contributed by atoms with Crippen LogP contribution in [0.2, 0.25) is 0 Å². The molecule has 1 heterocycles. The van der Waals surface area contributed by atoms with E-state index in [0.29, 0.717) is 25.1 Å². The lowest BCUT2D eigenvalue weighted by molar-refractivity contribution is -0.121. The molecule has 1 rings (SSSR count). The molecule has 0 aliphatic heterocycles. The molecule has 0 aliphatic rings. The number of hydrogen-bond donors (Lipinski definition) is 0. The third kappa shape index (κ3) is 3.92. The van der Waals surface area contributed by atoms with Gasteiger partial charge in [0.05, 0.1) is 12.1 Å². The molecule has 5 heteroatoms. The van der Waals surface area contributed by atoms with Crippen molar-refractivity contribution >= 4 is 11.6 Å². The van der Waals surface area contributed by atoms with Crippen LogP contribution in [0.25, 0.3) is 0 Å². The van der Waals surface area contributed by atoms with Crippen molar-refractivity contribution in [2.75, 3.05) is 0 Å². The molecule has 0 aromatic carbocycles. The number of aromatic nitrogens is 3. The van der Waals surface area contributed by atoms with E-state index < -0.39 is 0 Å². The first-order valence-corrected chi connectivity index (χ1v) is 5.40. The summed E-state index contributed by atoms with van der Waals surface area (Å²) in [5, 5.41) is 7.76. The van der Waals surface area contributed by atoms with E-state index in [2.05, 4.69) is 10.3 Å². The van der Waals surface area contributed by atoms with Crippen LogP contribution in [0.4, 0.5) is 0 Å². The van der Waals surface area contributed by atoms with Gasteiger partial charge >= 0.3 is 0 Å². The molecule has 0 amide bonds. The fourth-order valence-corrected chi connectivity index (χ4v) is 1.18. The molecule has 0 N–H and O–H groups in total. The minimum Gasteiger partial charge on any atom is -0.300 e. The van der Waals surface area contributed by atoms with Crippen molar-refractivity contribution in [1.82, 2.24) is 15.0 Å². The Kier molecular flexibility index (Phi) is 4.34. The van der Waals surface area contributed by atoms with Gasteiger partial charge in [-0.3, -0.25) is 14.3 Å². The highest BCUT2D eigenvalue weighted by Crippen LogP contribution is 2.02. The third-order valence-corrected chi connectivity index (χ3v) is 2.28. The van der Waals surface area contributed by atoms with Gasteiger partial charge in [-0.1, -0.05) is 19.1 Å². The van der Waals surface area contributed by atoms with Gasteiger partial charge in [0, 0.05) is 25.1 Å². The predicted molar refractivity (Wildman–Crippen MR) is 58.9 cm³/mol. The number of carbonyl (C=O) groups excluding carboxylic acids is 2. The second-order valence-electron chi connectivity index (χ2n) is 4.22. The average Bonchev–Trinajstić information content (AvgIpc) is 2.62. The van der Waals surface area contributed by atoms with Crippen LogP contribution in [-0.2, 0) is 22.6 Å². The average molecular weight is 223 g/mol. The number of rotatable bonds is 6. The molecule has 1 aromatic rings. The molecule has 0 atom stereocenters. The van der Waals surface area contributed by atoms with Gasteiger partial charge in [0.15, 0.2) is 0 Å². The summed E-state index contributed by atoms with van der Waals surface area (Å²) < 4.78 is 1.60. The van der Waals surface area contributed by atoms with E-state index in [9.17, 15) is 9.59 Å². The summed E-state index contributed by atoms with van der Waals surface area (Å²) in [6.07, 6.45) is 2.49. The highest BCUT2D eigenvalue weighted by atomic mass is 16.1. The summed E-state index contributed by atoms with van der Waals surface area (Å²) in [6.45, 7) is 5.79. The summed E-state index contributed by atoms with van der Waals surface area (Å²) in [4.78, 5) is 22.2. The zero-order valence-electron chi connectivity index (χ0n) is 9.93. The van der Waals surface area contributed by atoms with Crippen LogP contribution in [0.15, 0.2) is 6.20 Å². The summed E-state index contributed by atoms with van der Waals surface area (Å²) in [6, 6.07) is 0. The minimum atomic E-state index is 0.0161. The molecular formula is C11H17N3O2. The van der Waals surface area contributed by atoms with Gasteiger partial charge in [-0.25, -0.2) is 0 Å². The lowest BCUT2D eigenvalue weighted by Gasteiger charge is -1.99. The second-order valence-corrected chi connectivity index (χ2v) is 4.22. The molecular weight excluding hydrogens is 206 g/mol. The first kappa shape index (κ1) is 12.5. The number of Topliss-reactive ketones (excluding diaryl/α,β-unsaturated/α-hetero) is 2. The molecule has 0 radical (unpaired) electrons. The number of carbonyl (C=O) groups is 2. The van der Waals surface area contributed by atoms with Gasteiger partial charge in [0.1, 0.15) is 11.6 Å². The summed E-state index contributed by atoms with van der Waals surface area (Å²) in [7, 11) is 0. The van der Waals surface area contributed by atoms with Gasteiger partial charge in [0.2, 0.25) is 0 Å². The third-order valence-electron chi connectivity index (χ3n) is 2.28. The van der Waals surface area contributed by atoms with Crippen LogP contribution in [0.5, 0.6) is 0 Å². The first-order chi connectivity index (χ1) is 7.49. The highest BCUT2D eigenvalue weighted by Gasteiger charge is 2.11. The maximum Gasteiger partial charge on any atom is 0.141 e. The Hall–Kier alpha value is -1.52. The number of aryl methyl sites for hydroxylation is 1. The normalized spacial score (nSPS) is 10.8. The summed E-state index contributed by atoms with van der Waals surface area (Å²) >= 11 is 0. The molecule has 0 unspecified atom stereocenters. The van der Waals surface area contributed by atoms with Crippen LogP contribution >= 0.6 is 0 Å². The molecule has 0 spiro atoms. The monoisotopic (exact) mass is 223 g/mol. The maximum atomic E-state index is 11.5. The van der Waals surface area contributed by atoms with Gasteiger partial charge in [0.25, 0.3) is 0 Å². The van der Waals surface area contributed by atoms with Gasteiger partial charge in [-0.05, 0) is 6.92 Å². The Labute approximate surface area is 94.8 Å². The quantitative estimate of drug-likeness (QED) is 0.722. The minimum absolute atomic E-state index is 0.0161. The fourth-order valence-electron chi connectivity index (χ4n) is 1.18. The molecule has 16 heavy (non-hydrogen) atoms. The van der Waals surface area contributed by atoms with Crippen molar-refractivity contribution in [3.8, 4) is 0 Å². The van der Waals surface area contributed by atoms with E-state index in [1.165, 1.54) is 0 Å². The van der Waals surface area contributed by atoms with Gasteiger partial charge in [-0.2, -0.15) is 0 Å². The highest BCUT2D eigenvalue weighted by molar-refractivity contribution is 5.82. The SMILES string of the molecule is CC(=O)CCn1cc(CC(=O)C(C)C)nn1. The molecule has 88 valence electrons. The Morgan fingerprint density at radius 2 is 2.12 bits per heavy atom. The van der Waals surface area contributed by atoms with Crippen LogP contribution in [0.1, 0.15) is 32.9 Å². The maximum absolute atomic E-state index is 11.5. The Morgan fingerprint density at radius 3 is 2.69 bits per heavy atom. The molecule has 0 bridgehead atoms. The first-order valence-electron chi connectivity index (χ1n) is 5.40. The van der Waals surface area contributed by atoms with Crippen molar-refractivity contribution in [2.45, 2.75) is 40.2 Å². The lowest BCUT2D eigenvalue weighted by Crippen LogP contribution is -2.10. The summed E-state index contributed by atoms with van der Waals surface area (Å²) in [5.74, 6) is 0.288. The number of ketones is 2. The lowest BCUT2D eigenvalue weighted by atomic mass is 10.1. The van der Waals surface area contributed by atoms with E-state index in [0.717, 1.165) is 0 Å². The van der Waals surface area contributed by atoms with Crippen molar-refractivity contribution in [1.29, 1.82) is 0 Å². The van der Waals surface area contributed by atoms with Gasteiger partial charge < -0.3 is 0 Å². The molecule has 0 saturated carbocycles. The van der Waals surface area contributed by atoms with Crippen LogP contribution < -0.4 is 0 Å². The van der Waals surface area contributed by atoms with E-state index in [1.54, 1.807) is 17.8 Å². The molecule has 1 aromatic heterocycles. The summed E-state index contributed by atoms with van der Waals surface area (Å²) in [5.41, 5.74) is 0.669. The van der Waals surface area contributed by atoms with Crippen LogP contribution in [0.3, 0.4) is 0 Å². The number of hydrogen-bond acceptors (Lipinski definition) is 4. The molecule has 0 fully saturated rings. The van der Waals surface area contributed by atoms with E-state index in [-0.39, 0.29) is 17.5 Å².